The van der Waals surface area contributed by atoms with Crippen molar-refractivity contribution in [1.82, 2.24) is 15.1 Å². The average Bonchev–Trinajstić information content (AvgIpc) is 3.13. The van der Waals surface area contributed by atoms with Crippen LogP contribution in [-0.4, -0.2) is 22.3 Å². The smallest absolute Gasteiger partial charge is 0.258 e. The third-order valence-corrected chi connectivity index (χ3v) is 4.52. The molecule has 0 unspecified atom stereocenters. The summed E-state index contributed by atoms with van der Waals surface area (Å²) >= 11 is 9.23. The second-order valence-electron chi connectivity index (χ2n) is 5.66. The summed E-state index contributed by atoms with van der Waals surface area (Å²) < 4.78 is 8.07. The summed E-state index contributed by atoms with van der Waals surface area (Å²) in [6.07, 6.45) is 3.68. The molecular weight excluding hydrogens is 418 g/mol. The molecule has 0 fully saturated rings. The SMILES string of the molecule is O=C(COc1ccc(Cl)cc1Br)NCc1ccc(Cn2cccn2)cc1. The fourth-order valence-corrected chi connectivity index (χ4v) is 3.13. The van der Waals surface area contributed by atoms with Crippen molar-refractivity contribution < 1.29 is 9.53 Å². The first kappa shape index (κ1) is 18.5. The second kappa shape index (κ2) is 8.87. The van der Waals surface area contributed by atoms with Gasteiger partial charge in [-0.15, -0.1) is 0 Å². The van der Waals surface area contributed by atoms with Crippen LogP contribution in [0.4, 0.5) is 0 Å². The third kappa shape index (κ3) is 5.34. The van der Waals surface area contributed by atoms with Crippen molar-refractivity contribution in [2.75, 3.05) is 6.61 Å². The van der Waals surface area contributed by atoms with E-state index in [1.807, 2.05) is 41.2 Å². The van der Waals surface area contributed by atoms with Crippen LogP contribution < -0.4 is 10.1 Å². The zero-order valence-corrected chi connectivity index (χ0v) is 16.2. The highest BCUT2D eigenvalue weighted by atomic mass is 79.9. The van der Waals surface area contributed by atoms with E-state index in [1.54, 1.807) is 24.4 Å². The van der Waals surface area contributed by atoms with Crippen molar-refractivity contribution in [2.45, 2.75) is 13.1 Å². The lowest BCUT2D eigenvalue weighted by molar-refractivity contribution is -0.123. The molecule has 0 atom stereocenters. The molecule has 0 saturated carbocycles. The van der Waals surface area contributed by atoms with Gasteiger partial charge in [0.05, 0.1) is 11.0 Å². The fourth-order valence-electron chi connectivity index (χ4n) is 2.33. The van der Waals surface area contributed by atoms with Crippen molar-refractivity contribution in [3.8, 4) is 5.75 Å². The molecular formula is C19H17BrClN3O2. The maximum absolute atomic E-state index is 12.0. The van der Waals surface area contributed by atoms with Crippen molar-refractivity contribution in [3.05, 3.63) is 81.5 Å². The van der Waals surface area contributed by atoms with Crippen LogP contribution in [0, 0.1) is 0 Å². The summed E-state index contributed by atoms with van der Waals surface area (Å²) in [6, 6.07) is 15.1. The van der Waals surface area contributed by atoms with E-state index in [1.165, 1.54) is 0 Å². The van der Waals surface area contributed by atoms with Crippen LogP contribution in [-0.2, 0) is 17.9 Å². The molecule has 0 aliphatic rings. The van der Waals surface area contributed by atoms with E-state index in [0.717, 1.165) is 17.7 Å². The number of carbonyl (C=O) groups is 1. The van der Waals surface area contributed by atoms with Gasteiger partial charge in [-0.25, -0.2) is 0 Å². The number of hydrogen-bond acceptors (Lipinski definition) is 3. The van der Waals surface area contributed by atoms with E-state index in [4.69, 9.17) is 16.3 Å². The number of benzene rings is 2. The normalized spacial score (nSPS) is 10.5. The van der Waals surface area contributed by atoms with Crippen molar-refractivity contribution in [2.24, 2.45) is 0 Å². The molecule has 3 rings (SSSR count). The van der Waals surface area contributed by atoms with Crippen LogP contribution in [0.1, 0.15) is 11.1 Å². The van der Waals surface area contributed by atoms with Gasteiger partial charge in [-0.2, -0.15) is 5.10 Å². The molecule has 0 radical (unpaired) electrons. The van der Waals surface area contributed by atoms with Crippen LogP contribution in [0.5, 0.6) is 5.75 Å². The molecule has 7 heteroatoms. The quantitative estimate of drug-likeness (QED) is 0.610. The Hall–Kier alpha value is -2.31. The lowest BCUT2D eigenvalue weighted by Gasteiger charge is -2.09. The van der Waals surface area contributed by atoms with E-state index in [9.17, 15) is 4.79 Å². The molecule has 0 aliphatic heterocycles. The lowest BCUT2D eigenvalue weighted by atomic mass is 10.1. The molecule has 3 aromatic rings. The Balaban J connectivity index is 1.45. The van der Waals surface area contributed by atoms with Crippen molar-refractivity contribution >= 4 is 33.4 Å². The topological polar surface area (TPSA) is 56.1 Å². The van der Waals surface area contributed by atoms with Gasteiger partial charge in [0.25, 0.3) is 5.91 Å². The number of amides is 1. The van der Waals surface area contributed by atoms with Gasteiger partial charge < -0.3 is 10.1 Å². The van der Waals surface area contributed by atoms with E-state index < -0.39 is 0 Å². The molecule has 1 amide bonds. The molecule has 134 valence electrons. The van der Waals surface area contributed by atoms with Crippen molar-refractivity contribution in [1.29, 1.82) is 0 Å². The summed E-state index contributed by atoms with van der Waals surface area (Å²) in [5, 5.41) is 7.63. The minimum Gasteiger partial charge on any atom is -0.483 e. The van der Waals surface area contributed by atoms with Gasteiger partial charge in [0.15, 0.2) is 6.61 Å². The number of halogens is 2. The zero-order chi connectivity index (χ0) is 18.4. The Morgan fingerprint density at radius 2 is 1.96 bits per heavy atom. The van der Waals surface area contributed by atoms with Gasteiger partial charge in [-0.05, 0) is 51.3 Å². The first-order chi connectivity index (χ1) is 12.6. The molecule has 5 nitrogen and oxygen atoms in total. The first-order valence-corrected chi connectivity index (χ1v) is 9.17. The molecule has 0 bridgehead atoms. The molecule has 26 heavy (non-hydrogen) atoms. The minimum absolute atomic E-state index is 0.0579. The average molecular weight is 435 g/mol. The lowest BCUT2D eigenvalue weighted by Crippen LogP contribution is -2.28. The zero-order valence-electron chi connectivity index (χ0n) is 13.9. The summed E-state index contributed by atoms with van der Waals surface area (Å²) in [7, 11) is 0. The second-order valence-corrected chi connectivity index (χ2v) is 6.95. The van der Waals surface area contributed by atoms with Crippen LogP contribution in [0.25, 0.3) is 0 Å². The van der Waals surface area contributed by atoms with Crippen LogP contribution >= 0.6 is 27.5 Å². The predicted molar refractivity (Wildman–Crippen MR) is 104 cm³/mol. The van der Waals surface area contributed by atoms with Gasteiger partial charge in [0.2, 0.25) is 0 Å². The summed E-state index contributed by atoms with van der Waals surface area (Å²) in [5.41, 5.74) is 2.18. The Morgan fingerprint density at radius 1 is 1.19 bits per heavy atom. The number of hydrogen-bond donors (Lipinski definition) is 1. The Labute approximate surface area is 165 Å². The van der Waals surface area contributed by atoms with E-state index in [0.29, 0.717) is 21.8 Å². The van der Waals surface area contributed by atoms with Gasteiger partial charge in [0, 0.05) is 24.0 Å². The number of ether oxygens (including phenoxy) is 1. The van der Waals surface area contributed by atoms with E-state index >= 15 is 0 Å². The molecule has 1 aromatic heterocycles. The fraction of sp³-hybridized carbons (Fsp3) is 0.158. The largest absolute Gasteiger partial charge is 0.483 e. The minimum atomic E-state index is -0.188. The summed E-state index contributed by atoms with van der Waals surface area (Å²) in [5.74, 6) is 0.389. The van der Waals surface area contributed by atoms with E-state index in [-0.39, 0.29) is 12.5 Å². The Kier molecular flexibility index (Phi) is 6.30. The van der Waals surface area contributed by atoms with Gasteiger partial charge in [-0.3, -0.25) is 9.48 Å². The van der Waals surface area contributed by atoms with Gasteiger partial charge in [0.1, 0.15) is 5.75 Å². The Bertz CT molecular complexity index is 867. The highest BCUT2D eigenvalue weighted by Gasteiger charge is 2.06. The van der Waals surface area contributed by atoms with Crippen LogP contribution in [0.3, 0.4) is 0 Å². The van der Waals surface area contributed by atoms with E-state index in [2.05, 4.69) is 26.3 Å². The number of carbonyl (C=O) groups excluding carboxylic acids is 1. The highest BCUT2D eigenvalue weighted by molar-refractivity contribution is 9.10. The summed E-state index contributed by atoms with van der Waals surface area (Å²) in [4.78, 5) is 12.0. The molecule has 0 aliphatic carbocycles. The molecule has 1 N–H and O–H groups in total. The van der Waals surface area contributed by atoms with Gasteiger partial charge in [-0.1, -0.05) is 35.9 Å². The monoisotopic (exact) mass is 433 g/mol. The maximum atomic E-state index is 12.0. The number of nitrogens with zero attached hydrogens (tertiary/aromatic N) is 2. The van der Waals surface area contributed by atoms with Crippen LogP contribution in [0.2, 0.25) is 5.02 Å². The predicted octanol–water partition coefficient (Wildman–Crippen LogP) is 4.04. The first-order valence-electron chi connectivity index (χ1n) is 8.00. The molecule has 1 heterocycles. The maximum Gasteiger partial charge on any atom is 0.258 e. The number of rotatable bonds is 7. The third-order valence-electron chi connectivity index (χ3n) is 3.67. The molecule has 2 aromatic carbocycles. The Morgan fingerprint density at radius 3 is 2.65 bits per heavy atom. The standard InChI is InChI=1S/C19H17BrClN3O2/c20-17-10-16(21)6-7-18(17)26-13-19(25)22-11-14-2-4-15(5-3-14)12-24-9-1-8-23-24/h1-10H,11-13H2,(H,22,25). The molecule has 0 saturated heterocycles. The van der Waals surface area contributed by atoms with Crippen LogP contribution in [0.15, 0.2) is 65.4 Å². The van der Waals surface area contributed by atoms with Crippen molar-refractivity contribution in [3.63, 3.8) is 0 Å². The van der Waals surface area contributed by atoms with Gasteiger partial charge >= 0.3 is 0 Å². The summed E-state index contributed by atoms with van der Waals surface area (Å²) in [6.45, 7) is 1.12. The molecule has 0 spiro atoms. The number of nitrogens with one attached hydrogen (secondary N) is 1. The number of aromatic nitrogens is 2. The highest BCUT2D eigenvalue weighted by Crippen LogP contribution is 2.27.